The van der Waals surface area contributed by atoms with Crippen LogP contribution in [0.3, 0.4) is 0 Å². The van der Waals surface area contributed by atoms with Gasteiger partial charge >= 0.3 is 5.97 Å². The SMILES string of the molecule is CCCCCCCCCCCCCCCCCCOOC(=O)c1ccc(CCCC)cc1. The number of carbonyl (C=O) groups excluding carboxylic acids is 1. The Morgan fingerprint density at radius 1 is 0.594 bits per heavy atom. The van der Waals surface area contributed by atoms with Crippen molar-refractivity contribution in [1.82, 2.24) is 0 Å². The summed E-state index contributed by atoms with van der Waals surface area (Å²) in [7, 11) is 0. The van der Waals surface area contributed by atoms with Crippen LogP contribution in [0.25, 0.3) is 0 Å². The number of carbonyl (C=O) groups is 1. The van der Waals surface area contributed by atoms with Crippen molar-refractivity contribution in [2.75, 3.05) is 6.61 Å². The molecule has 1 rings (SSSR count). The van der Waals surface area contributed by atoms with Crippen molar-refractivity contribution in [3.05, 3.63) is 35.4 Å². The first-order valence-electron chi connectivity index (χ1n) is 13.7. The Bertz CT molecular complexity index is 538. The van der Waals surface area contributed by atoms with E-state index < -0.39 is 5.97 Å². The van der Waals surface area contributed by atoms with Crippen LogP contribution in [-0.4, -0.2) is 12.6 Å². The number of aryl methyl sites for hydroxylation is 1. The van der Waals surface area contributed by atoms with Crippen LogP contribution in [0.4, 0.5) is 0 Å². The van der Waals surface area contributed by atoms with E-state index in [1.54, 1.807) is 0 Å². The first-order chi connectivity index (χ1) is 15.8. The van der Waals surface area contributed by atoms with E-state index in [4.69, 9.17) is 9.78 Å². The highest BCUT2D eigenvalue weighted by Gasteiger charge is 2.08. The number of rotatable bonds is 22. The molecule has 0 fully saturated rings. The van der Waals surface area contributed by atoms with Gasteiger partial charge in [0, 0.05) is 0 Å². The molecule has 0 unspecified atom stereocenters. The lowest BCUT2D eigenvalue weighted by Crippen LogP contribution is -2.07. The number of benzene rings is 1. The van der Waals surface area contributed by atoms with Gasteiger partial charge in [0.1, 0.15) is 0 Å². The van der Waals surface area contributed by atoms with Crippen molar-refractivity contribution in [3.63, 3.8) is 0 Å². The zero-order valence-electron chi connectivity index (χ0n) is 21.2. The maximum Gasteiger partial charge on any atom is 0.373 e. The molecule has 0 saturated carbocycles. The van der Waals surface area contributed by atoms with Crippen molar-refractivity contribution < 1.29 is 14.6 Å². The van der Waals surface area contributed by atoms with E-state index in [1.165, 1.54) is 108 Å². The molecule has 1 aromatic carbocycles. The highest BCUT2D eigenvalue weighted by atomic mass is 17.2. The van der Waals surface area contributed by atoms with Crippen LogP contribution in [-0.2, 0) is 16.2 Å². The van der Waals surface area contributed by atoms with Gasteiger partial charge < -0.3 is 0 Å². The summed E-state index contributed by atoms with van der Waals surface area (Å²) in [5.41, 5.74) is 1.81. The fourth-order valence-corrected chi connectivity index (χ4v) is 4.04. The first-order valence-corrected chi connectivity index (χ1v) is 13.7. The molecule has 0 bridgehead atoms. The minimum Gasteiger partial charge on any atom is -0.293 e. The van der Waals surface area contributed by atoms with Gasteiger partial charge in [-0.05, 0) is 37.0 Å². The summed E-state index contributed by atoms with van der Waals surface area (Å²) in [6.45, 7) is 4.95. The molecule has 0 aliphatic rings. The monoisotopic (exact) mass is 446 g/mol. The van der Waals surface area contributed by atoms with Gasteiger partial charge in [-0.25, -0.2) is 4.79 Å². The van der Waals surface area contributed by atoms with E-state index in [0.717, 1.165) is 19.3 Å². The molecule has 0 heterocycles. The third-order valence-corrected chi connectivity index (χ3v) is 6.22. The minimum atomic E-state index is -0.400. The molecule has 0 aromatic heterocycles. The molecule has 0 aliphatic heterocycles. The summed E-state index contributed by atoms with van der Waals surface area (Å²) in [4.78, 5) is 22.0. The van der Waals surface area contributed by atoms with Gasteiger partial charge in [-0.3, -0.25) is 4.89 Å². The highest BCUT2D eigenvalue weighted by Crippen LogP contribution is 2.14. The van der Waals surface area contributed by atoms with Crippen LogP contribution >= 0.6 is 0 Å². The van der Waals surface area contributed by atoms with Crippen molar-refractivity contribution in [2.45, 2.75) is 136 Å². The average molecular weight is 447 g/mol. The van der Waals surface area contributed by atoms with E-state index >= 15 is 0 Å². The molecule has 0 spiro atoms. The standard InChI is InChI=1S/C29H50O3/c1-3-5-7-8-9-10-11-12-13-14-15-16-17-18-19-20-26-31-32-29(30)28-24-22-27(23-25-28)21-6-4-2/h22-25H,3-21,26H2,1-2H3. The zero-order chi connectivity index (χ0) is 23.1. The Labute approximate surface area is 198 Å². The molecular weight excluding hydrogens is 396 g/mol. The Hall–Kier alpha value is -1.35. The third kappa shape index (κ3) is 16.3. The lowest BCUT2D eigenvalue weighted by molar-refractivity contribution is -0.241. The van der Waals surface area contributed by atoms with Gasteiger partial charge in [-0.15, -0.1) is 0 Å². The largest absolute Gasteiger partial charge is 0.373 e. The van der Waals surface area contributed by atoms with E-state index in [2.05, 4.69) is 13.8 Å². The Balaban J connectivity index is 1.83. The molecule has 184 valence electrons. The quantitative estimate of drug-likeness (QED) is 0.101. The predicted octanol–water partition coefficient (Wildman–Crippen LogP) is 9.38. The Morgan fingerprint density at radius 3 is 1.50 bits per heavy atom. The maximum atomic E-state index is 12.0. The van der Waals surface area contributed by atoms with E-state index in [9.17, 15) is 4.79 Å². The minimum absolute atomic E-state index is 0.400. The fourth-order valence-electron chi connectivity index (χ4n) is 4.04. The summed E-state index contributed by atoms with van der Waals surface area (Å²) in [6, 6.07) is 7.65. The molecule has 0 saturated heterocycles. The third-order valence-electron chi connectivity index (χ3n) is 6.22. The Kier molecular flexibility index (Phi) is 19.3. The van der Waals surface area contributed by atoms with E-state index in [-0.39, 0.29) is 0 Å². The van der Waals surface area contributed by atoms with E-state index in [1.807, 2.05) is 24.3 Å². The zero-order valence-corrected chi connectivity index (χ0v) is 21.2. The van der Waals surface area contributed by atoms with Crippen LogP contribution in [0.1, 0.15) is 145 Å². The lowest BCUT2D eigenvalue weighted by Gasteiger charge is -2.05. The van der Waals surface area contributed by atoms with Gasteiger partial charge in [0.25, 0.3) is 0 Å². The first kappa shape index (κ1) is 28.7. The molecule has 0 radical (unpaired) electrons. The number of hydrogen-bond acceptors (Lipinski definition) is 3. The Morgan fingerprint density at radius 2 is 1.03 bits per heavy atom. The molecular formula is C29H50O3. The predicted molar refractivity (Wildman–Crippen MR) is 136 cm³/mol. The summed E-state index contributed by atoms with van der Waals surface area (Å²) < 4.78 is 0. The smallest absolute Gasteiger partial charge is 0.293 e. The van der Waals surface area contributed by atoms with Crippen LogP contribution in [0.2, 0.25) is 0 Å². The van der Waals surface area contributed by atoms with E-state index in [0.29, 0.717) is 12.2 Å². The van der Waals surface area contributed by atoms with Crippen molar-refractivity contribution in [3.8, 4) is 0 Å². The maximum absolute atomic E-state index is 12.0. The van der Waals surface area contributed by atoms with Crippen molar-refractivity contribution in [2.24, 2.45) is 0 Å². The number of unbranched alkanes of at least 4 members (excludes halogenated alkanes) is 16. The average Bonchev–Trinajstić information content (AvgIpc) is 2.82. The van der Waals surface area contributed by atoms with Crippen LogP contribution < -0.4 is 0 Å². The normalized spacial score (nSPS) is 11.1. The fraction of sp³-hybridized carbons (Fsp3) is 0.759. The van der Waals surface area contributed by atoms with Gasteiger partial charge in [-0.2, -0.15) is 4.89 Å². The summed E-state index contributed by atoms with van der Waals surface area (Å²) in [6.07, 6.45) is 24.9. The lowest BCUT2D eigenvalue weighted by atomic mass is 10.0. The second kappa shape index (κ2) is 21.5. The molecule has 3 nitrogen and oxygen atoms in total. The summed E-state index contributed by atoms with van der Waals surface area (Å²) in [5, 5.41) is 0. The summed E-state index contributed by atoms with van der Waals surface area (Å²) >= 11 is 0. The molecule has 1 aromatic rings. The molecule has 32 heavy (non-hydrogen) atoms. The molecule has 0 N–H and O–H groups in total. The van der Waals surface area contributed by atoms with Crippen molar-refractivity contribution >= 4 is 5.97 Å². The summed E-state index contributed by atoms with van der Waals surface area (Å²) in [5.74, 6) is -0.400. The second-order valence-electron chi connectivity index (χ2n) is 9.30. The van der Waals surface area contributed by atoms with Crippen molar-refractivity contribution in [1.29, 1.82) is 0 Å². The topological polar surface area (TPSA) is 35.5 Å². The molecule has 0 aliphatic carbocycles. The van der Waals surface area contributed by atoms with Gasteiger partial charge in [0.15, 0.2) is 0 Å². The molecule has 3 heteroatoms. The molecule has 0 amide bonds. The molecule has 0 atom stereocenters. The van der Waals surface area contributed by atoms with Gasteiger partial charge in [0.2, 0.25) is 0 Å². The number of hydrogen-bond donors (Lipinski definition) is 0. The highest BCUT2D eigenvalue weighted by molar-refractivity contribution is 5.88. The second-order valence-corrected chi connectivity index (χ2v) is 9.30. The van der Waals surface area contributed by atoms with Crippen LogP contribution in [0.15, 0.2) is 24.3 Å². The van der Waals surface area contributed by atoms with Crippen LogP contribution in [0, 0.1) is 0 Å². The van der Waals surface area contributed by atoms with Crippen LogP contribution in [0.5, 0.6) is 0 Å². The van der Waals surface area contributed by atoms with Gasteiger partial charge in [0.05, 0.1) is 12.2 Å². The van der Waals surface area contributed by atoms with Gasteiger partial charge in [-0.1, -0.05) is 129 Å².